The fourth-order valence-corrected chi connectivity index (χ4v) is 2.05. The van der Waals surface area contributed by atoms with Crippen molar-refractivity contribution in [3.8, 4) is 0 Å². The van der Waals surface area contributed by atoms with Gasteiger partial charge in [0.15, 0.2) is 0 Å². The molecule has 2 amide bonds. The molecular weight excluding hydrogens is 252 g/mol. The fourth-order valence-electron chi connectivity index (χ4n) is 1.88. The fraction of sp³-hybridized carbons (Fsp3) is 0.385. The van der Waals surface area contributed by atoms with Crippen molar-refractivity contribution in [1.29, 1.82) is 0 Å². The van der Waals surface area contributed by atoms with Crippen molar-refractivity contribution < 1.29 is 9.59 Å². The van der Waals surface area contributed by atoms with Gasteiger partial charge in [-0.15, -0.1) is 0 Å². The van der Waals surface area contributed by atoms with Crippen molar-refractivity contribution in [3.63, 3.8) is 0 Å². The molecule has 1 N–H and O–H groups in total. The number of rotatable bonds is 2. The SMILES string of the molecule is CC(=O)N1CC(C(=O)Nc2cccc(Cl)c2C)C1. The van der Waals surface area contributed by atoms with E-state index >= 15 is 0 Å². The van der Waals surface area contributed by atoms with Crippen LogP contribution in [0.2, 0.25) is 5.02 Å². The summed E-state index contributed by atoms with van der Waals surface area (Å²) < 4.78 is 0. The molecule has 0 aromatic heterocycles. The molecular formula is C13H15ClN2O2. The lowest BCUT2D eigenvalue weighted by molar-refractivity contribution is -0.139. The van der Waals surface area contributed by atoms with E-state index in [1.165, 1.54) is 6.92 Å². The van der Waals surface area contributed by atoms with Crippen LogP contribution in [0.15, 0.2) is 18.2 Å². The first-order valence-electron chi connectivity index (χ1n) is 5.80. The Kier molecular flexibility index (Phi) is 3.57. The number of hydrogen-bond donors (Lipinski definition) is 1. The normalized spacial score (nSPS) is 15.2. The quantitative estimate of drug-likeness (QED) is 0.891. The third-order valence-electron chi connectivity index (χ3n) is 3.22. The van der Waals surface area contributed by atoms with Crippen LogP contribution in [0, 0.1) is 12.8 Å². The van der Waals surface area contributed by atoms with E-state index in [-0.39, 0.29) is 17.7 Å². The monoisotopic (exact) mass is 266 g/mol. The van der Waals surface area contributed by atoms with Crippen molar-refractivity contribution in [1.82, 2.24) is 4.90 Å². The predicted molar refractivity (Wildman–Crippen MR) is 70.6 cm³/mol. The minimum Gasteiger partial charge on any atom is -0.341 e. The number of nitrogens with zero attached hydrogens (tertiary/aromatic N) is 1. The molecule has 1 saturated heterocycles. The van der Waals surface area contributed by atoms with Crippen molar-refractivity contribution in [2.45, 2.75) is 13.8 Å². The van der Waals surface area contributed by atoms with E-state index in [1.54, 1.807) is 17.0 Å². The molecule has 1 aliphatic rings. The minimum atomic E-state index is -0.118. The highest BCUT2D eigenvalue weighted by molar-refractivity contribution is 6.31. The molecule has 0 bridgehead atoms. The van der Waals surface area contributed by atoms with E-state index in [0.29, 0.717) is 18.1 Å². The molecule has 1 heterocycles. The first kappa shape index (κ1) is 12.9. The maximum absolute atomic E-state index is 11.9. The molecule has 0 radical (unpaired) electrons. The van der Waals surface area contributed by atoms with Crippen LogP contribution in [-0.4, -0.2) is 29.8 Å². The first-order valence-corrected chi connectivity index (χ1v) is 6.18. The van der Waals surface area contributed by atoms with Crippen LogP contribution in [0.25, 0.3) is 0 Å². The standard InChI is InChI=1S/C13H15ClN2O2/c1-8-11(14)4-3-5-12(8)15-13(18)10-6-16(7-10)9(2)17/h3-5,10H,6-7H2,1-2H3,(H,15,18). The highest BCUT2D eigenvalue weighted by Gasteiger charge is 2.34. The molecule has 0 aliphatic carbocycles. The highest BCUT2D eigenvalue weighted by Crippen LogP contribution is 2.24. The molecule has 1 aromatic rings. The number of anilines is 1. The summed E-state index contributed by atoms with van der Waals surface area (Å²) in [6, 6.07) is 5.40. The molecule has 0 saturated carbocycles. The molecule has 5 heteroatoms. The van der Waals surface area contributed by atoms with E-state index in [9.17, 15) is 9.59 Å². The van der Waals surface area contributed by atoms with Gasteiger partial charge in [-0.05, 0) is 24.6 Å². The van der Waals surface area contributed by atoms with Gasteiger partial charge in [-0.25, -0.2) is 0 Å². The number of amides is 2. The summed E-state index contributed by atoms with van der Waals surface area (Å²) in [5.41, 5.74) is 1.59. The third-order valence-corrected chi connectivity index (χ3v) is 3.63. The van der Waals surface area contributed by atoms with E-state index in [2.05, 4.69) is 5.32 Å². The van der Waals surface area contributed by atoms with E-state index in [1.807, 2.05) is 13.0 Å². The van der Waals surface area contributed by atoms with Gasteiger partial charge in [0.25, 0.3) is 0 Å². The number of carbonyl (C=O) groups excluding carboxylic acids is 2. The average molecular weight is 267 g/mol. The van der Waals surface area contributed by atoms with Crippen molar-refractivity contribution in [2.75, 3.05) is 18.4 Å². The smallest absolute Gasteiger partial charge is 0.231 e. The lowest BCUT2D eigenvalue weighted by atomic mass is 9.99. The summed E-state index contributed by atoms with van der Waals surface area (Å²) in [6.45, 7) is 4.37. The Bertz CT molecular complexity index is 496. The van der Waals surface area contributed by atoms with Crippen molar-refractivity contribution in [2.24, 2.45) is 5.92 Å². The zero-order valence-corrected chi connectivity index (χ0v) is 11.1. The summed E-state index contributed by atoms with van der Waals surface area (Å²) in [4.78, 5) is 24.6. The second-order valence-electron chi connectivity index (χ2n) is 4.52. The molecule has 1 fully saturated rings. The van der Waals surface area contributed by atoms with Crippen LogP contribution < -0.4 is 5.32 Å². The van der Waals surface area contributed by atoms with Gasteiger partial charge >= 0.3 is 0 Å². The van der Waals surface area contributed by atoms with Gasteiger partial charge in [0.1, 0.15) is 0 Å². The number of halogens is 1. The van der Waals surface area contributed by atoms with Crippen LogP contribution in [-0.2, 0) is 9.59 Å². The Hall–Kier alpha value is -1.55. The highest BCUT2D eigenvalue weighted by atomic mass is 35.5. The molecule has 2 rings (SSSR count). The van der Waals surface area contributed by atoms with Crippen LogP contribution in [0.4, 0.5) is 5.69 Å². The summed E-state index contributed by atoms with van der Waals surface area (Å²) in [5.74, 6) is -0.164. The van der Waals surface area contributed by atoms with Gasteiger partial charge < -0.3 is 10.2 Å². The molecule has 96 valence electrons. The molecule has 1 aromatic carbocycles. The lowest BCUT2D eigenvalue weighted by Gasteiger charge is -2.37. The summed E-state index contributed by atoms with van der Waals surface area (Å²) in [7, 11) is 0. The Balaban J connectivity index is 1.97. The van der Waals surface area contributed by atoms with Crippen LogP contribution in [0.3, 0.4) is 0 Å². The van der Waals surface area contributed by atoms with Gasteiger partial charge in [-0.3, -0.25) is 9.59 Å². The van der Waals surface area contributed by atoms with Gasteiger partial charge in [0, 0.05) is 30.7 Å². The van der Waals surface area contributed by atoms with Crippen molar-refractivity contribution >= 4 is 29.1 Å². The zero-order valence-electron chi connectivity index (χ0n) is 10.4. The van der Waals surface area contributed by atoms with Gasteiger partial charge in [-0.2, -0.15) is 0 Å². The maximum Gasteiger partial charge on any atom is 0.231 e. The Morgan fingerprint density at radius 1 is 1.39 bits per heavy atom. The van der Waals surface area contributed by atoms with E-state index in [0.717, 1.165) is 11.3 Å². The van der Waals surface area contributed by atoms with Crippen LogP contribution in [0.1, 0.15) is 12.5 Å². The molecule has 1 aliphatic heterocycles. The van der Waals surface area contributed by atoms with E-state index in [4.69, 9.17) is 11.6 Å². The van der Waals surface area contributed by atoms with Crippen LogP contribution >= 0.6 is 11.6 Å². The molecule has 0 atom stereocenters. The molecule has 4 nitrogen and oxygen atoms in total. The molecule has 0 spiro atoms. The number of likely N-dealkylation sites (tertiary alicyclic amines) is 1. The largest absolute Gasteiger partial charge is 0.341 e. The summed E-state index contributed by atoms with van der Waals surface area (Å²) in [6.07, 6.45) is 0. The molecule has 0 unspecified atom stereocenters. The maximum atomic E-state index is 11.9. The number of hydrogen-bond acceptors (Lipinski definition) is 2. The van der Waals surface area contributed by atoms with Gasteiger partial charge in [0.05, 0.1) is 5.92 Å². The third kappa shape index (κ3) is 2.48. The topological polar surface area (TPSA) is 49.4 Å². The zero-order chi connectivity index (χ0) is 13.3. The number of nitrogens with one attached hydrogen (secondary N) is 1. The van der Waals surface area contributed by atoms with Crippen LogP contribution in [0.5, 0.6) is 0 Å². The molecule has 18 heavy (non-hydrogen) atoms. The lowest BCUT2D eigenvalue weighted by Crippen LogP contribution is -2.53. The van der Waals surface area contributed by atoms with Gasteiger partial charge in [-0.1, -0.05) is 17.7 Å². The van der Waals surface area contributed by atoms with E-state index < -0.39 is 0 Å². The Labute approximate surface area is 111 Å². The second-order valence-corrected chi connectivity index (χ2v) is 4.93. The van der Waals surface area contributed by atoms with Gasteiger partial charge in [0.2, 0.25) is 11.8 Å². The minimum absolute atomic E-state index is 0.0120. The number of carbonyl (C=O) groups is 2. The Morgan fingerprint density at radius 2 is 2.06 bits per heavy atom. The number of benzene rings is 1. The van der Waals surface area contributed by atoms with Crippen molar-refractivity contribution in [3.05, 3.63) is 28.8 Å². The second kappa shape index (κ2) is 4.98. The predicted octanol–water partition coefficient (Wildman–Crippen LogP) is 2.07. The Morgan fingerprint density at radius 3 is 2.67 bits per heavy atom. The summed E-state index contributed by atoms with van der Waals surface area (Å²) in [5, 5.41) is 3.48. The average Bonchev–Trinajstić information content (AvgIpc) is 2.22. The first-order chi connectivity index (χ1) is 8.49. The summed E-state index contributed by atoms with van der Waals surface area (Å²) >= 11 is 5.99.